The molecule has 0 aromatic heterocycles. The Hall–Kier alpha value is -1.45. The van der Waals surface area contributed by atoms with Gasteiger partial charge >= 0.3 is 35.0 Å². The van der Waals surface area contributed by atoms with Gasteiger partial charge in [-0.3, -0.25) is 0 Å². The molecule has 0 saturated carbocycles. The molecule has 4 rings (SSSR count). The third-order valence-electron chi connectivity index (χ3n) is 4.57. The molecule has 3 radical (unpaired) electrons. The summed E-state index contributed by atoms with van der Waals surface area (Å²) in [5, 5.41) is 5.55. The molecule has 0 saturated heterocycles. The molecule has 0 spiro atoms. The first-order chi connectivity index (χ1) is 15.2. The molecule has 0 bridgehead atoms. The van der Waals surface area contributed by atoms with Crippen molar-refractivity contribution in [2.75, 3.05) is 0 Å². The van der Waals surface area contributed by atoms with Gasteiger partial charge in [-0.1, -0.05) is 72.8 Å². The van der Waals surface area contributed by atoms with Gasteiger partial charge in [-0.15, -0.1) is 0 Å². The van der Waals surface area contributed by atoms with Gasteiger partial charge in [-0.25, -0.2) is 0 Å². The van der Waals surface area contributed by atoms with E-state index in [2.05, 4.69) is 135 Å². The average Bonchev–Trinajstić information content (AvgIpc) is 2.84. The first kappa shape index (κ1) is 25.8. The van der Waals surface area contributed by atoms with Gasteiger partial charge in [0.1, 0.15) is 28.5 Å². The van der Waals surface area contributed by atoms with Gasteiger partial charge in [0.25, 0.3) is 0 Å². The SMILES string of the molecule is [CH2][CH][CH2].[Cl][Pd-][Cl].c1ccc([P+](c2ccccc2)(c2ccccc2)c2ccccc2)cc1. The van der Waals surface area contributed by atoms with Crippen molar-refractivity contribution in [2.45, 2.75) is 0 Å². The summed E-state index contributed by atoms with van der Waals surface area (Å²) in [7, 11) is 7.72. The zero-order chi connectivity index (χ0) is 22.4. The summed E-state index contributed by atoms with van der Waals surface area (Å²) in [6.45, 7) is 6.50. The minimum absolute atomic E-state index is 0.106. The summed E-state index contributed by atoms with van der Waals surface area (Å²) in [5.74, 6) is 0. The number of benzene rings is 4. The normalized spacial score (nSPS) is 10.3. The molecule has 0 heterocycles. The van der Waals surface area contributed by atoms with Gasteiger partial charge in [-0.05, 0) is 68.8 Å². The van der Waals surface area contributed by atoms with E-state index in [1.54, 1.807) is 0 Å². The Labute approximate surface area is 204 Å². The van der Waals surface area contributed by atoms with Crippen LogP contribution in [0.4, 0.5) is 0 Å². The Morgan fingerprint density at radius 2 is 0.645 bits per heavy atom. The van der Waals surface area contributed by atoms with Gasteiger partial charge in [0.05, 0.1) is 0 Å². The van der Waals surface area contributed by atoms with Crippen molar-refractivity contribution >= 4 is 47.5 Å². The largest absolute Gasteiger partial charge is 0.144 e. The molecular weight excluding hydrogens is 533 g/mol. The molecule has 0 atom stereocenters. The molecule has 0 nitrogen and oxygen atoms in total. The van der Waals surface area contributed by atoms with Crippen LogP contribution in [0.15, 0.2) is 121 Å². The Balaban J connectivity index is 0.000000513. The van der Waals surface area contributed by atoms with Crippen molar-refractivity contribution in [1.29, 1.82) is 0 Å². The maximum atomic E-state index is 4.81. The predicted octanol–water partition coefficient (Wildman–Crippen LogP) is 6.54. The van der Waals surface area contributed by atoms with Crippen molar-refractivity contribution in [1.82, 2.24) is 0 Å². The Kier molecular flexibility index (Phi) is 12.1. The first-order valence-corrected chi connectivity index (χ1v) is 15.4. The second kappa shape index (κ2) is 14.6. The van der Waals surface area contributed by atoms with E-state index in [1.165, 1.54) is 27.6 Å². The molecule has 162 valence electrons. The Bertz CT molecular complexity index is 799. The number of halogens is 2. The van der Waals surface area contributed by atoms with Crippen LogP contribution in [0.2, 0.25) is 0 Å². The fourth-order valence-electron chi connectivity index (χ4n) is 3.50. The van der Waals surface area contributed by atoms with E-state index in [4.69, 9.17) is 19.1 Å². The van der Waals surface area contributed by atoms with Crippen molar-refractivity contribution < 1.29 is 15.9 Å². The zero-order valence-electron chi connectivity index (χ0n) is 17.1. The van der Waals surface area contributed by atoms with Crippen LogP contribution in [-0.4, -0.2) is 0 Å². The van der Waals surface area contributed by atoms with Gasteiger partial charge in [0, 0.05) is 0 Å². The number of hydrogen-bond acceptors (Lipinski definition) is 0. The molecular formula is C27H25Cl2PPd. The Morgan fingerprint density at radius 3 is 0.806 bits per heavy atom. The van der Waals surface area contributed by atoms with E-state index in [1.807, 2.05) is 0 Å². The van der Waals surface area contributed by atoms with Gasteiger partial charge in [0.2, 0.25) is 0 Å². The third kappa shape index (κ3) is 6.76. The van der Waals surface area contributed by atoms with Gasteiger partial charge < -0.3 is 0 Å². The van der Waals surface area contributed by atoms with E-state index >= 15 is 0 Å². The molecule has 0 N–H and O–H groups in total. The van der Waals surface area contributed by atoms with Crippen molar-refractivity contribution in [3.8, 4) is 0 Å². The van der Waals surface area contributed by atoms with E-state index < -0.39 is 7.26 Å². The minimum atomic E-state index is -1.91. The first-order valence-electron chi connectivity index (χ1n) is 9.59. The summed E-state index contributed by atoms with van der Waals surface area (Å²) < 4.78 is 0. The van der Waals surface area contributed by atoms with Crippen LogP contribution in [-0.2, 0) is 15.9 Å². The minimum Gasteiger partial charge on any atom is -0.0620 e. The summed E-state index contributed by atoms with van der Waals surface area (Å²) in [6.07, 6.45) is 1.50. The smallest absolute Gasteiger partial charge is 0.0620 e. The van der Waals surface area contributed by atoms with Gasteiger partial charge in [0.15, 0.2) is 0 Å². The monoisotopic (exact) mass is 556 g/mol. The molecule has 4 aromatic carbocycles. The topological polar surface area (TPSA) is 0 Å². The van der Waals surface area contributed by atoms with Crippen molar-refractivity contribution in [3.63, 3.8) is 0 Å². The van der Waals surface area contributed by atoms with E-state index in [9.17, 15) is 0 Å². The molecule has 0 aliphatic rings. The summed E-state index contributed by atoms with van der Waals surface area (Å²) in [6, 6.07) is 43.8. The second-order valence-electron chi connectivity index (χ2n) is 6.35. The third-order valence-corrected chi connectivity index (χ3v) is 8.86. The summed E-state index contributed by atoms with van der Waals surface area (Å²) in [5.41, 5.74) is 0. The predicted molar refractivity (Wildman–Crippen MR) is 138 cm³/mol. The molecule has 0 unspecified atom stereocenters. The number of hydrogen-bond donors (Lipinski definition) is 0. The quantitative estimate of drug-likeness (QED) is 0.197. The fourth-order valence-corrected chi connectivity index (χ4v) is 7.77. The van der Waals surface area contributed by atoms with Crippen LogP contribution in [0.25, 0.3) is 0 Å². The maximum absolute atomic E-state index is 4.81. The zero-order valence-corrected chi connectivity index (χ0v) is 21.0. The van der Waals surface area contributed by atoms with Crippen LogP contribution in [0.3, 0.4) is 0 Å². The molecule has 0 fully saturated rings. The van der Waals surface area contributed by atoms with E-state index in [0.717, 1.165) is 0 Å². The molecule has 0 aliphatic carbocycles. The van der Waals surface area contributed by atoms with Crippen LogP contribution >= 0.6 is 26.3 Å². The molecule has 4 aromatic rings. The van der Waals surface area contributed by atoms with Crippen LogP contribution in [0.1, 0.15) is 0 Å². The van der Waals surface area contributed by atoms with Crippen molar-refractivity contribution in [2.24, 2.45) is 0 Å². The Morgan fingerprint density at radius 1 is 0.484 bits per heavy atom. The molecule has 31 heavy (non-hydrogen) atoms. The molecule has 0 amide bonds. The number of rotatable bonds is 4. The van der Waals surface area contributed by atoms with Gasteiger partial charge in [-0.2, -0.15) is 0 Å². The van der Waals surface area contributed by atoms with E-state index in [-0.39, 0.29) is 15.9 Å². The van der Waals surface area contributed by atoms with Crippen LogP contribution < -0.4 is 21.2 Å². The summed E-state index contributed by atoms with van der Waals surface area (Å²) >= 11 is -0.106. The fraction of sp³-hybridized carbons (Fsp3) is 0. The second-order valence-corrected chi connectivity index (χ2v) is 12.1. The average molecular weight is 558 g/mol. The van der Waals surface area contributed by atoms with E-state index in [0.29, 0.717) is 0 Å². The molecule has 4 heteroatoms. The maximum Gasteiger partial charge on any atom is 0.144 e. The van der Waals surface area contributed by atoms with Crippen molar-refractivity contribution in [3.05, 3.63) is 142 Å². The van der Waals surface area contributed by atoms with Crippen LogP contribution in [0, 0.1) is 20.3 Å². The van der Waals surface area contributed by atoms with Crippen LogP contribution in [0.5, 0.6) is 0 Å². The standard InChI is InChI=1S/C24H20P.C3H5.2ClH.Pd/c1-5-13-21(14-6-1)25(22-15-7-2-8-16-22,23-17-9-3-10-18-23)24-19-11-4-12-20-24;1-3-2;;;/h1-20H;3H,1-2H2;2*1H;/q+1;;;;+1/p-2. The summed E-state index contributed by atoms with van der Waals surface area (Å²) in [4.78, 5) is 0. The molecule has 0 aliphatic heterocycles.